The van der Waals surface area contributed by atoms with E-state index in [-0.39, 0.29) is 17.5 Å². The van der Waals surface area contributed by atoms with E-state index >= 15 is 0 Å². The Hall–Kier alpha value is -1.71. The van der Waals surface area contributed by atoms with Gasteiger partial charge in [0.05, 0.1) is 0 Å². The predicted molar refractivity (Wildman–Crippen MR) is 68.6 cm³/mol. The number of aryl methyl sites for hydroxylation is 1. The summed E-state index contributed by atoms with van der Waals surface area (Å²) in [6, 6.07) is 4.67. The number of phenolic OH excluding ortho intramolecular Hbond substituents is 2. The predicted octanol–water partition coefficient (Wildman–Crippen LogP) is 2.76. The van der Waals surface area contributed by atoms with Crippen LogP contribution in [0.15, 0.2) is 18.2 Å². The maximum absolute atomic E-state index is 11.5. The number of benzene rings is 1. The van der Waals surface area contributed by atoms with Crippen LogP contribution in [0.25, 0.3) is 0 Å². The molecule has 0 saturated heterocycles. The molecule has 1 rings (SSSR count). The first-order valence-corrected chi connectivity index (χ1v) is 6.00. The molecule has 4 nitrogen and oxygen atoms in total. The van der Waals surface area contributed by atoms with Gasteiger partial charge in [0.2, 0.25) is 0 Å². The molecule has 100 valence electrons. The molecule has 0 heterocycles. The first-order chi connectivity index (χ1) is 8.28. The van der Waals surface area contributed by atoms with E-state index in [1.807, 2.05) is 20.8 Å². The van der Waals surface area contributed by atoms with E-state index < -0.39 is 5.60 Å². The Morgan fingerprint density at radius 3 is 2.44 bits per heavy atom. The maximum Gasteiger partial charge on any atom is 0.306 e. The minimum atomic E-state index is -0.451. The van der Waals surface area contributed by atoms with E-state index in [1.54, 1.807) is 6.07 Å². The highest BCUT2D eigenvalue weighted by molar-refractivity contribution is 5.69. The van der Waals surface area contributed by atoms with Gasteiger partial charge in [-0.2, -0.15) is 0 Å². The summed E-state index contributed by atoms with van der Waals surface area (Å²) in [6.45, 7) is 5.51. The molecule has 0 aromatic heterocycles. The Morgan fingerprint density at radius 1 is 1.22 bits per heavy atom. The zero-order valence-corrected chi connectivity index (χ0v) is 11.1. The third-order valence-electron chi connectivity index (χ3n) is 2.31. The van der Waals surface area contributed by atoms with Crippen LogP contribution in [-0.2, 0) is 16.0 Å². The Bertz CT molecular complexity index is 418. The highest BCUT2D eigenvalue weighted by Crippen LogP contribution is 2.25. The van der Waals surface area contributed by atoms with Gasteiger partial charge in [0.25, 0.3) is 0 Å². The molecule has 0 saturated carbocycles. The van der Waals surface area contributed by atoms with Crippen molar-refractivity contribution in [3.63, 3.8) is 0 Å². The monoisotopic (exact) mass is 252 g/mol. The highest BCUT2D eigenvalue weighted by Gasteiger charge is 2.15. The van der Waals surface area contributed by atoms with Crippen molar-refractivity contribution in [2.24, 2.45) is 0 Å². The van der Waals surface area contributed by atoms with E-state index in [4.69, 9.17) is 9.84 Å². The topological polar surface area (TPSA) is 66.8 Å². The molecule has 0 fully saturated rings. The van der Waals surface area contributed by atoms with Crippen molar-refractivity contribution >= 4 is 5.97 Å². The number of hydrogen-bond donors (Lipinski definition) is 2. The summed E-state index contributed by atoms with van der Waals surface area (Å²) in [4.78, 5) is 11.5. The number of rotatable bonds is 4. The average Bonchev–Trinajstić information content (AvgIpc) is 2.20. The van der Waals surface area contributed by atoms with Crippen molar-refractivity contribution in [3.8, 4) is 11.5 Å². The van der Waals surface area contributed by atoms with Gasteiger partial charge in [0.1, 0.15) is 5.60 Å². The number of hydrogen-bond acceptors (Lipinski definition) is 4. The normalized spacial score (nSPS) is 11.3. The number of esters is 1. The molecule has 1 aromatic carbocycles. The van der Waals surface area contributed by atoms with E-state index in [1.165, 1.54) is 12.1 Å². The molecule has 0 radical (unpaired) electrons. The standard InChI is InChI=1S/C14H20O4/c1-14(2,3)18-13(17)6-4-5-10-7-8-11(15)12(16)9-10/h7-9,15-16H,4-6H2,1-3H3. The minimum Gasteiger partial charge on any atom is -0.504 e. The Balaban J connectivity index is 2.38. The lowest BCUT2D eigenvalue weighted by Gasteiger charge is -2.19. The summed E-state index contributed by atoms with van der Waals surface area (Å²) in [6.07, 6.45) is 1.66. The summed E-state index contributed by atoms with van der Waals surface area (Å²) in [5.41, 5.74) is 0.433. The van der Waals surface area contributed by atoms with Crippen LogP contribution in [0.5, 0.6) is 11.5 Å². The molecule has 0 aliphatic rings. The van der Waals surface area contributed by atoms with Crippen LogP contribution in [0.2, 0.25) is 0 Å². The van der Waals surface area contributed by atoms with Crippen LogP contribution >= 0.6 is 0 Å². The molecule has 0 aliphatic carbocycles. The second-order valence-corrected chi connectivity index (χ2v) is 5.26. The van der Waals surface area contributed by atoms with Gasteiger partial charge in [0.15, 0.2) is 11.5 Å². The van der Waals surface area contributed by atoms with Crippen molar-refractivity contribution in [2.45, 2.75) is 45.6 Å². The number of carbonyl (C=O) groups is 1. The molecule has 1 aromatic rings. The molecular weight excluding hydrogens is 232 g/mol. The quantitative estimate of drug-likeness (QED) is 0.638. The van der Waals surface area contributed by atoms with E-state index in [2.05, 4.69) is 0 Å². The Labute approximate surface area is 107 Å². The largest absolute Gasteiger partial charge is 0.504 e. The van der Waals surface area contributed by atoms with Gasteiger partial charge in [-0.25, -0.2) is 0 Å². The fraction of sp³-hybridized carbons (Fsp3) is 0.500. The number of ether oxygens (including phenoxy) is 1. The number of phenols is 2. The lowest BCUT2D eigenvalue weighted by molar-refractivity contribution is -0.154. The van der Waals surface area contributed by atoms with Gasteiger partial charge in [-0.15, -0.1) is 0 Å². The second-order valence-electron chi connectivity index (χ2n) is 5.26. The summed E-state index contributed by atoms with van der Waals surface area (Å²) in [5, 5.41) is 18.5. The second kappa shape index (κ2) is 5.76. The van der Waals surface area contributed by atoms with E-state index in [9.17, 15) is 9.90 Å². The zero-order chi connectivity index (χ0) is 13.8. The van der Waals surface area contributed by atoms with Gasteiger partial charge < -0.3 is 14.9 Å². The fourth-order valence-electron chi connectivity index (χ4n) is 1.55. The summed E-state index contributed by atoms with van der Waals surface area (Å²) >= 11 is 0. The van der Waals surface area contributed by atoms with E-state index in [0.717, 1.165) is 5.56 Å². The van der Waals surface area contributed by atoms with Gasteiger partial charge in [0, 0.05) is 6.42 Å². The lowest BCUT2D eigenvalue weighted by atomic mass is 10.1. The van der Waals surface area contributed by atoms with Crippen LogP contribution in [0, 0.1) is 0 Å². The maximum atomic E-state index is 11.5. The molecule has 0 unspecified atom stereocenters. The third-order valence-corrected chi connectivity index (χ3v) is 2.31. The summed E-state index contributed by atoms with van der Waals surface area (Å²) in [5.74, 6) is -0.485. The molecule has 0 bridgehead atoms. The first-order valence-electron chi connectivity index (χ1n) is 6.00. The van der Waals surface area contributed by atoms with Crippen LogP contribution in [-0.4, -0.2) is 21.8 Å². The van der Waals surface area contributed by atoms with Gasteiger partial charge in [-0.1, -0.05) is 6.07 Å². The van der Waals surface area contributed by atoms with Crippen LogP contribution in [0.3, 0.4) is 0 Å². The number of carbonyl (C=O) groups excluding carboxylic acids is 1. The van der Waals surface area contributed by atoms with Crippen LogP contribution in [0.4, 0.5) is 0 Å². The van der Waals surface area contributed by atoms with Crippen molar-refractivity contribution in [1.29, 1.82) is 0 Å². The molecule has 0 atom stereocenters. The van der Waals surface area contributed by atoms with Crippen molar-refractivity contribution < 1.29 is 19.7 Å². The van der Waals surface area contributed by atoms with Crippen LogP contribution < -0.4 is 0 Å². The van der Waals surface area contributed by atoms with Crippen molar-refractivity contribution in [3.05, 3.63) is 23.8 Å². The third kappa shape index (κ3) is 5.08. The smallest absolute Gasteiger partial charge is 0.306 e. The van der Waals surface area contributed by atoms with Crippen molar-refractivity contribution in [1.82, 2.24) is 0 Å². The Morgan fingerprint density at radius 2 is 1.89 bits per heavy atom. The molecule has 2 N–H and O–H groups in total. The molecule has 4 heteroatoms. The van der Waals surface area contributed by atoms with Gasteiger partial charge >= 0.3 is 5.97 Å². The Kier molecular flexibility index (Phi) is 4.59. The molecule has 0 spiro atoms. The molecule has 18 heavy (non-hydrogen) atoms. The number of aromatic hydroxyl groups is 2. The molecular formula is C14H20O4. The summed E-state index contributed by atoms with van der Waals surface area (Å²) in [7, 11) is 0. The van der Waals surface area contributed by atoms with Crippen molar-refractivity contribution in [2.75, 3.05) is 0 Å². The zero-order valence-electron chi connectivity index (χ0n) is 11.1. The highest BCUT2D eigenvalue weighted by atomic mass is 16.6. The van der Waals surface area contributed by atoms with Gasteiger partial charge in [-0.05, 0) is 51.3 Å². The minimum absolute atomic E-state index is 0.133. The van der Waals surface area contributed by atoms with Crippen LogP contribution in [0.1, 0.15) is 39.2 Å². The average molecular weight is 252 g/mol. The lowest BCUT2D eigenvalue weighted by Crippen LogP contribution is -2.23. The fourth-order valence-corrected chi connectivity index (χ4v) is 1.55. The first kappa shape index (κ1) is 14.4. The van der Waals surface area contributed by atoms with E-state index in [0.29, 0.717) is 19.3 Å². The molecule has 0 aliphatic heterocycles. The summed E-state index contributed by atoms with van der Waals surface area (Å²) < 4.78 is 5.19. The van der Waals surface area contributed by atoms with Gasteiger partial charge in [-0.3, -0.25) is 4.79 Å². The SMILES string of the molecule is CC(C)(C)OC(=O)CCCc1ccc(O)c(O)c1. The molecule has 0 amide bonds.